The molecule has 4 nitrogen and oxygen atoms in total. The fourth-order valence-corrected chi connectivity index (χ4v) is 7.14. The Morgan fingerprint density at radius 2 is 2.32 bits per heavy atom. The van der Waals surface area contributed by atoms with Crippen LogP contribution in [0.3, 0.4) is 0 Å². The quantitative estimate of drug-likeness (QED) is 0.125. The third-order valence-electron chi connectivity index (χ3n) is 3.58. The Morgan fingerprint density at radius 3 is 2.77 bits per heavy atom. The number of carbonyl (C=O) groups is 1. The summed E-state index contributed by atoms with van der Waals surface area (Å²) in [5, 5.41) is 21.5. The second-order valence-electron chi connectivity index (χ2n) is 5.15. The normalized spacial score (nSPS) is 30.8. The van der Waals surface area contributed by atoms with Crippen molar-refractivity contribution in [2.45, 2.75) is 39.2 Å². The number of aliphatic carboxylic acids is 1. The number of nitrogens with one attached hydrogen (secondary N) is 1. The molecule has 4 atom stereocenters. The van der Waals surface area contributed by atoms with E-state index in [9.17, 15) is 23.8 Å². The maximum atomic E-state index is 13.8. The zero-order valence-corrected chi connectivity index (χ0v) is 16.4. The summed E-state index contributed by atoms with van der Waals surface area (Å²) in [5.41, 5.74) is 0. The molecule has 0 saturated carbocycles. The van der Waals surface area contributed by atoms with Crippen molar-refractivity contribution in [1.82, 2.24) is 5.32 Å². The summed E-state index contributed by atoms with van der Waals surface area (Å²) >= 11 is 1.58. The van der Waals surface area contributed by atoms with Crippen molar-refractivity contribution in [1.29, 1.82) is 0 Å². The Hall–Kier alpha value is 0.190. The summed E-state index contributed by atoms with van der Waals surface area (Å²) in [6.45, 7) is 4.34. The number of aliphatic hydroxyl groups is 1. The van der Waals surface area contributed by atoms with Gasteiger partial charge in [0.25, 0.3) is 0 Å². The number of carboxylic acid groups (broad SMARTS) is 1. The minimum atomic E-state index is -3.18. The van der Waals surface area contributed by atoms with Crippen LogP contribution in [0.2, 0.25) is 0 Å². The van der Waals surface area contributed by atoms with E-state index in [0.717, 1.165) is 0 Å². The van der Waals surface area contributed by atoms with Gasteiger partial charge < -0.3 is 0 Å². The van der Waals surface area contributed by atoms with Gasteiger partial charge in [-0.15, -0.1) is 0 Å². The molecule has 0 aliphatic carbocycles. The first kappa shape index (κ1) is 20.2. The van der Waals surface area contributed by atoms with Gasteiger partial charge in [-0.25, -0.2) is 0 Å². The first-order valence-corrected chi connectivity index (χ1v) is 10.3. The number of hydrogen-bond donors (Lipinski definition) is 3. The molecule has 1 radical (unpaired) electrons. The van der Waals surface area contributed by atoms with Crippen molar-refractivity contribution in [2.24, 2.45) is 5.92 Å². The Morgan fingerprint density at radius 1 is 1.68 bits per heavy atom. The Balaban J connectivity index is 2.98. The molecule has 3 N–H and O–H groups in total. The Labute approximate surface area is 152 Å². The number of hydrogen-bond acceptors (Lipinski definition) is 3. The molecule has 4 unspecified atom stereocenters. The van der Waals surface area contributed by atoms with Crippen molar-refractivity contribution in [3.05, 3.63) is 22.8 Å². The van der Waals surface area contributed by atoms with E-state index in [1.54, 1.807) is 0 Å². The van der Waals surface area contributed by atoms with Crippen LogP contribution >= 0.6 is 0 Å². The SMILES string of the molecule is C=CC(F)(F)C(CO)CC1([I-])NC(C(=O)O)CC1[I-]/C=C\C. The molecule has 0 aromatic carbocycles. The summed E-state index contributed by atoms with van der Waals surface area (Å²) in [5.74, 6) is -5.43. The van der Waals surface area contributed by atoms with Gasteiger partial charge in [0.2, 0.25) is 0 Å². The second kappa shape index (κ2) is 8.34. The van der Waals surface area contributed by atoms with E-state index < -0.39 is 55.2 Å². The molecule has 1 saturated heterocycles. The number of allylic oxidation sites excluding steroid dienone is 2. The molecule has 0 amide bonds. The zero-order chi connectivity index (χ0) is 17.0. The van der Waals surface area contributed by atoms with Crippen molar-refractivity contribution in [2.75, 3.05) is 6.61 Å². The predicted molar refractivity (Wildman–Crippen MR) is 70.8 cm³/mol. The fourth-order valence-electron chi connectivity index (χ4n) is 2.34. The van der Waals surface area contributed by atoms with Crippen LogP contribution in [0.5, 0.6) is 0 Å². The second-order valence-corrected chi connectivity index (χ2v) is 10.0. The van der Waals surface area contributed by atoms with Crippen LogP contribution in [-0.4, -0.2) is 42.2 Å². The van der Waals surface area contributed by atoms with Gasteiger partial charge in [0.05, 0.1) is 0 Å². The molecule has 1 rings (SSSR count). The Bertz CT molecular complexity index is 448. The molecular weight excluding hydrogens is 522 g/mol. The van der Waals surface area contributed by atoms with E-state index >= 15 is 0 Å². The number of alkyl halides is 4. The molecule has 0 aromatic heterocycles. The first-order valence-electron chi connectivity index (χ1n) is 6.75. The molecule has 0 spiro atoms. The average molecular weight is 542 g/mol. The van der Waals surface area contributed by atoms with E-state index in [4.69, 9.17) is 0 Å². The van der Waals surface area contributed by atoms with Gasteiger partial charge in [0.15, 0.2) is 0 Å². The van der Waals surface area contributed by atoms with Crippen molar-refractivity contribution >= 4 is 5.97 Å². The summed E-state index contributed by atoms with van der Waals surface area (Å²) in [6, 6.07) is -0.733. The van der Waals surface area contributed by atoms with Crippen LogP contribution in [0.25, 0.3) is 0 Å². The van der Waals surface area contributed by atoms with Crippen molar-refractivity contribution in [3.63, 3.8) is 0 Å². The molecular formula is C14H20F2I2NO3-2. The minimum absolute atomic E-state index is 0.00516. The van der Waals surface area contributed by atoms with Crippen LogP contribution in [0.1, 0.15) is 19.8 Å². The van der Waals surface area contributed by atoms with Gasteiger partial charge in [0.1, 0.15) is 0 Å². The van der Waals surface area contributed by atoms with Gasteiger partial charge in [-0.2, -0.15) is 0 Å². The van der Waals surface area contributed by atoms with Crippen molar-refractivity contribution in [3.8, 4) is 0 Å². The first-order chi connectivity index (χ1) is 10.2. The van der Waals surface area contributed by atoms with Crippen LogP contribution in [0.15, 0.2) is 22.8 Å². The predicted octanol–water partition coefficient (Wildman–Crippen LogP) is -4.51. The third kappa shape index (κ3) is 4.84. The van der Waals surface area contributed by atoms with Crippen LogP contribution < -0.4 is 49.1 Å². The van der Waals surface area contributed by atoms with E-state index in [2.05, 4.69) is 34.5 Å². The van der Waals surface area contributed by atoms with Crippen LogP contribution in [0.4, 0.5) is 8.78 Å². The molecule has 8 heteroatoms. The summed E-state index contributed by atoms with van der Waals surface area (Å²) < 4.78 is 29.0. The van der Waals surface area contributed by atoms with Crippen molar-refractivity contribution < 1.29 is 67.6 Å². The van der Waals surface area contributed by atoms with E-state index in [0.29, 0.717) is 12.5 Å². The van der Waals surface area contributed by atoms with Gasteiger partial charge in [-0.05, 0) is 0 Å². The molecule has 129 valence electrons. The standard InChI is InChI=1S/C14H20F2I2NO3/c1-3-5-18-11-6-10(12(21)22)19-14(11,17)7-9(8-20)13(15,16)4-2/h3-5,9-11,19-20H,2,6-8H2,1H3,(H,21,22)/q-2/b5-3-. The molecule has 1 heterocycles. The maximum absolute atomic E-state index is 13.8. The zero-order valence-electron chi connectivity index (χ0n) is 12.1. The molecule has 22 heavy (non-hydrogen) atoms. The average Bonchev–Trinajstić information content (AvgIpc) is 2.80. The summed E-state index contributed by atoms with van der Waals surface area (Å²) in [6.07, 6.45) is 2.87. The van der Waals surface area contributed by atoms with Crippen LogP contribution in [-0.2, 0) is 4.79 Å². The molecule has 0 aromatic rings. The van der Waals surface area contributed by atoms with Gasteiger partial charge in [-0.3, -0.25) is 0 Å². The van der Waals surface area contributed by atoms with E-state index in [1.807, 2.05) is 17.1 Å². The van der Waals surface area contributed by atoms with Gasteiger partial charge >= 0.3 is 153 Å². The third-order valence-corrected chi connectivity index (χ3v) is 9.85. The van der Waals surface area contributed by atoms with Gasteiger partial charge in [0, 0.05) is 0 Å². The molecule has 0 bridgehead atoms. The van der Waals surface area contributed by atoms with Gasteiger partial charge in [-0.1, -0.05) is 0 Å². The number of aliphatic hydroxyl groups excluding tert-OH is 1. The summed E-state index contributed by atoms with van der Waals surface area (Å²) in [7, 11) is 0. The van der Waals surface area contributed by atoms with E-state index in [1.165, 1.54) is 0 Å². The molecule has 1 aliphatic rings. The number of carboxylic acids is 1. The topological polar surface area (TPSA) is 69.6 Å². The fraction of sp³-hybridized carbons (Fsp3) is 0.643. The number of rotatable bonds is 8. The number of halogens is 4. The molecule has 1 fully saturated rings. The van der Waals surface area contributed by atoms with E-state index in [-0.39, 0.29) is 10.3 Å². The monoisotopic (exact) mass is 542 g/mol. The summed E-state index contributed by atoms with van der Waals surface area (Å²) in [4.78, 5) is 11.2. The molecule has 1 aliphatic heterocycles. The Kier molecular flexibility index (Phi) is 7.67. The van der Waals surface area contributed by atoms with Crippen LogP contribution in [0, 0.1) is 5.92 Å².